The zero-order valence-electron chi connectivity index (χ0n) is 17.2. The Morgan fingerprint density at radius 1 is 1.14 bits per heavy atom. The van der Waals surface area contributed by atoms with E-state index in [-0.39, 0.29) is 6.42 Å². The van der Waals surface area contributed by atoms with Gasteiger partial charge in [-0.2, -0.15) is 0 Å². The van der Waals surface area contributed by atoms with Crippen LogP contribution in [0.4, 0.5) is 8.78 Å². The van der Waals surface area contributed by atoms with Crippen molar-refractivity contribution in [2.24, 2.45) is 5.92 Å². The molecule has 1 heterocycles. The van der Waals surface area contributed by atoms with Gasteiger partial charge in [-0.15, -0.1) is 0 Å². The molecular formula is C24H30ClF2NO. The quantitative estimate of drug-likeness (QED) is 0.523. The number of halogens is 3. The van der Waals surface area contributed by atoms with E-state index in [1.54, 1.807) is 6.92 Å². The van der Waals surface area contributed by atoms with Crippen molar-refractivity contribution in [1.82, 2.24) is 4.90 Å². The van der Waals surface area contributed by atoms with Crippen molar-refractivity contribution in [3.63, 3.8) is 0 Å². The minimum Gasteiger partial charge on any atom is -0.390 e. The molecule has 1 N–H and O–H groups in total. The zero-order valence-corrected chi connectivity index (χ0v) is 17.9. The van der Waals surface area contributed by atoms with Gasteiger partial charge in [-0.25, -0.2) is 8.78 Å². The van der Waals surface area contributed by atoms with Gasteiger partial charge in [0.15, 0.2) is 0 Å². The molecule has 158 valence electrons. The Balaban J connectivity index is 1.58. The van der Waals surface area contributed by atoms with Crippen LogP contribution in [-0.2, 0) is 6.42 Å². The summed E-state index contributed by atoms with van der Waals surface area (Å²) < 4.78 is 26.9. The standard InChI is InChI=1S/C24H30ClF2NO/c1-3-4-5-23(19-6-8-20(25)9-7-19)28-15-18(16-28)14-24(2,29)13-17-10-21(26)12-22(27)11-17/h6-12,18,23,29H,3-5,13-16H2,1-2H3. The van der Waals surface area contributed by atoms with E-state index in [4.69, 9.17) is 11.6 Å². The highest BCUT2D eigenvalue weighted by molar-refractivity contribution is 6.30. The molecule has 0 aliphatic carbocycles. The van der Waals surface area contributed by atoms with Gasteiger partial charge in [-0.05, 0) is 61.1 Å². The van der Waals surface area contributed by atoms with E-state index in [1.807, 2.05) is 12.1 Å². The molecule has 1 aliphatic heterocycles. The zero-order chi connectivity index (χ0) is 21.0. The van der Waals surface area contributed by atoms with Gasteiger partial charge in [0, 0.05) is 36.6 Å². The van der Waals surface area contributed by atoms with Crippen molar-refractivity contribution in [1.29, 1.82) is 0 Å². The largest absolute Gasteiger partial charge is 0.390 e. The summed E-state index contributed by atoms with van der Waals surface area (Å²) in [5.41, 5.74) is 0.782. The molecule has 0 radical (unpaired) electrons. The molecular weight excluding hydrogens is 392 g/mol. The lowest BCUT2D eigenvalue weighted by Crippen LogP contribution is -2.51. The average molecular weight is 422 g/mol. The van der Waals surface area contributed by atoms with Crippen LogP contribution in [0.2, 0.25) is 5.02 Å². The van der Waals surface area contributed by atoms with Gasteiger partial charge >= 0.3 is 0 Å². The Bertz CT molecular complexity index is 783. The molecule has 0 aromatic heterocycles. The highest BCUT2D eigenvalue weighted by Crippen LogP contribution is 2.36. The third-order valence-electron chi connectivity index (χ3n) is 5.75. The fraction of sp³-hybridized carbons (Fsp3) is 0.500. The Kier molecular flexibility index (Phi) is 7.31. The molecule has 0 bridgehead atoms. The second-order valence-electron chi connectivity index (χ2n) is 8.69. The molecule has 5 heteroatoms. The van der Waals surface area contributed by atoms with Crippen molar-refractivity contribution in [3.05, 3.63) is 70.2 Å². The first-order valence-electron chi connectivity index (χ1n) is 10.4. The van der Waals surface area contributed by atoms with E-state index in [2.05, 4.69) is 24.0 Å². The normalized spacial score (nSPS) is 18.3. The molecule has 0 saturated carbocycles. The van der Waals surface area contributed by atoms with Gasteiger partial charge in [-0.1, -0.05) is 43.5 Å². The van der Waals surface area contributed by atoms with Crippen LogP contribution >= 0.6 is 11.6 Å². The van der Waals surface area contributed by atoms with E-state index < -0.39 is 17.2 Å². The van der Waals surface area contributed by atoms with Crippen LogP contribution in [0.3, 0.4) is 0 Å². The number of hydrogen-bond acceptors (Lipinski definition) is 2. The number of benzene rings is 2. The van der Waals surface area contributed by atoms with Crippen LogP contribution < -0.4 is 0 Å². The minimum atomic E-state index is -0.990. The topological polar surface area (TPSA) is 23.5 Å². The predicted octanol–water partition coefficient (Wildman–Crippen LogP) is 6.17. The molecule has 2 aromatic carbocycles. The second kappa shape index (κ2) is 9.55. The highest BCUT2D eigenvalue weighted by atomic mass is 35.5. The molecule has 2 atom stereocenters. The monoisotopic (exact) mass is 421 g/mol. The fourth-order valence-electron chi connectivity index (χ4n) is 4.48. The summed E-state index contributed by atoms with van der Waals surface area (Å²) >= 11 is 6.04. The summed E-state index contributed by atoms with van der Waals surface area (Å²) in [5.74, 6) is -0.834. The smallest absolute Gasteiger partial charge is 0.126 e. The Morgan fingerprint density at radius 2 is 1.76 bits per heavy atom. The Morgan fingerprint density at radius 3 is 2.34 bits per heavy atom. The van der Waals surface area contributed by atoms with Crippen LogP contribution in [0.5, 0.6) is 0 Å². The van der Waals surface area contributed by atoms with Crippen LogP contribution in [0, 0.1) is 17.6 Å². The average Bonchev–Trinajstić information content (AvgIpc) is 2.59. The predicted molar refractivity (Wildman–Crippen MR) is 114 cm³/mol. The van der Waals surface area contributed by atoms with Gasteiger partial charge in [0.05, 0.1) is 5.60 Å². The van der Waals surface area contributed by atoms with Crippen molar-refractivity contribution in [3.8, 4) is 0 Å². The third-order valence-corrected chi connectivity index (χ3v) is 6.00. The van der Waals surface area contributed by atoms with Gasteiger partial charge in [-0.3, -0.25) is 4.90 Å². The number of rotatable bonds is 9. The molecule has 29 heavy (non-hydrogen) atoms. The second-order valence-corrected chi connectivity index (χ2v) is 9.12. The lowest BCUT2D eigenvalue weighted by Gasteiger charge is -2.47. The summed E-state index contributed by atoms with van der Waals surface area (Å²) in [6.07, 6.45) is 4.28. The number of hydrogen-bond donors (Lipinski definition) is 1. The SMILES string of the molecule is CCCCC(c1ccc(Cl)cc1)N1CC(CC(C)(O)Cc2cc(F)cc(F)c2)C1. The maximum absolute atomic E-state index is 13.4. The van der Waals surface area contributed by atoms with E-state index in [9.17, 15) is 13.9 Å². The number of nitrogens with zero attached hydrogens (tertiary/aromatic N) is 1. The molecule has 2 nitrogen and oxygen atoms in total. The fourth-order valence-corrected chi connectivity index (χ4v) is 4.61. The van der Waals surface area contributed by atoms with Crippen LogP contribution in [0.1, 0.15) is 56.7 Å². The molecule has 1 fully saturated rings. The Hall–Kier alpha value is -1.49. The van der Waals surface area contributed by atoms with E-state index in [0.717, 1.165) is 43.4 Å². The lowest BCUT2D eigenvalue weighted by atomic mass is 9.81. The molecule has 2 unspecified atom stereocenters. The van der Waals surface area contributed by atoms with Crippen LogP contribution in [-0.4, -0.2) is 28.7 Å². The molecule has 2 aromatic rings. The first kappa shape index (κ1) is 22.2. The number of aliphatic hydroxyl groups is 1. The summed E-state index contributed by atoms with van der Waals surface area (Å²) in [6, 6.07) is 11.9. The molecule has 1 saturated heterocycles. The van der Waals surface area contributed by atoms with E-state index in [1.165, 1.54) is 17.7 Å². The molecule has 0 spiro atoms. The summed E-state index contributed by atoms with van der Waals surface area (Å²) in [6.45, 7) is 5.80. The number of likely N-dealkylation sites (tertiary alicyclic amines) is 1. The summed E-state index contributed by atoms with van der Waals surface area (Å²) in [7, 11) is 0. The van der Waals surface area contributed by atoms with Crippen LogP contribution in [0.15, 0.2) is 42.5 Å². The van der Waals surface area contributed by atoms with Gasteiger partial charge in [0.25, 0.3) is 0 Å². The summed E-state index contributed by atoms with van der Waals surface area (Å²) in [4.78, 5) is 2.46. The van der Waals surface area contributed by atoms with Crippen LogP contribution in [0.25, 0.3) is 0 Å². The molecule has 3 rings (SSSR count). The third kappa shape index (κ3) is 6.24. The van der Waals surface area contributed by atoms with Crippen molar-refractivity contribution < 1.29 is 13.9 Å². The van der Waals surface area contributed by atoms with Gasteiger partial charge in [0.1, 0.15) is 11.6 Å². The minimum absolute atomic E-state index is 0.245. The molecule has 1 aliphatic rings. The first-order valence-corrected chi connectivity index (χ1v) is 10.8. The number of unbranched alkanes of at least 4 members (excludes halogenated alkanes) is 1. The lowest BCUT2D eigenvalue weighted by molar-refractivity contribution is -0.0251. The van der Waals surface area contributed by atoms with E-state index >= 15 is 0 Å². The highest BCUT2D eigenvalue weighted by Gasteiger charge is 2.37. The maximum Gasteiger partial charge on any atom is 0.126 e. The Labute approximate surface area is 177 Å². The van der Waals surface area contributed by atoms with Crippen molar-refractivity contribution >= 4 is 11.6 Å². The first-order chi connectivity index (χ1) is 13.8. The summed E-state index contributed by atoms with van der Waals surface area (Å²) in [5, 5.41) is 11.6. The van der Waals surface area contributed by atoms with Crippen molar-refractivity contribution in [2.75, 3.05) is 13.1 Å². The molecule has 0 amide bonds. The van der Waals surface area contributed by atoms with Gasteiger partial charge < -0.3 is 5.11 Å². The maximum atomic E-state index is 13.4. The van der Waals surface area contributed by atoms with Gasteiger partial charge in [0.2, 0.25) is 0 Å². The van der Waals surface area contributed by atoms with Crippen molar-refractivity contribution in [2.45, 2.75) is 57.6 Å². The van der Waals surface area contributed by atoms with E-state index in [0.29, 0.717) is 23.9 Å².